The molecule has 7 nitrogen and oxygen atoms in total. The normalized spacial score (nSPS) is 11.8. The molecule has 0 saturated carbocycles. The first-order valence-corrected chi connectivity index (χ1v) is 8.53. The van der Waals surface area contributed by atoms with E-state index in [4.69, 9.17) is 0 Å². The van der Waals surface area contributed by atoms with Gasteiger partial charge in [-0.1, -0.05) is 29.8 Å². The average Bonchev–Trinajstić information content (AvgIpc) is 2.69. The van der Waals surface area contributed by atoms with Crippen molar-refractivity contribution in [3.63, 3.8) is 0 Å². The second kappa shape index (κ2) is 7.92. The molecule has 0 bridgehead atoms. The summed E-state index contributed by atoms with van der Waals surface area (Å²) in [6.45, 7) is 3.40. The summed E-state index contributed by atoms with van der Waals surface area (Å²) in [6.07, 6.45) is 3.10. The van der Waals surface area contributed by atoms with Crippen LogP contribution in [0.3, 0.4) is 0 Å². The van der Waals surface area contributed by atoms with E-state index in [0.717, 1.165) is 11.1 Å². The van der Waals surface area contributed by atoms with Gasteiger partial charge in [-0.15, -0.1) is 0 Å². The monoisotopic (exact) mass is 364 g/mol. The van der Waals surface area contributed by atoms with E-state index >= 15 is 0 Å². The maximum absolute atomic E-state index is 12.9. The molecule has 2 aromatic heterocycles. The highest BCUT2D eigenvalue weighted by Gasteiger charge is 2.18. The Labute approximate surface area is 156 Å². The first kappa shape index (κ1) is 18.5. The summed E-state index contributed by atoms with van der Waals surface area (Å²) in [5, 5.41) is 16.2. The number of pyridine rings is 1. The number of hydrogen-bond acceptors (Lipinski definition) is 5. The number of carbonyl (C=O) groups excluding carboxylic acids is 1. The van der Waals surface area contributed by atoms with E-state index in [1.165, 1.54) is 16.9 Å². The predicted molar refractivity (Wildman–Crippen MR) is 102 cm³/mol. The van der Waals surface area contributed by atoms with Crippen LogP contribution in [0.5, 0.6) is 0 Å². The molecule has 0 aliphatic carbocycles. The van der Waals surface area contributed by atoms with Gasteiger partial charge in [0.05, 0.1) is 24.2 Å². The number of aryl methyl sites for hydroxylation is 1. The lowest BCUT2D eigenvalue weighted by molar-refractivity contribution is 0.0920. The molecule has 27 heavy (non-hydrogen) atoms. The number of amides is 1. The molecule has 0 aliphatic rings. The Kier molecular flexibility index (Phi) is 5.42. The molecule has 0 fully saturated rings. The third-order valence-corrected chi connectivity index (χ3v) is 4.05. The third kappa shape index (κ3) is 4.09. The van der Waals surface area contributed by atoms with Crippen LogP contribution in [0, 0.1) is 6.92 Å². The standard InChI is InChI=1S/C20H20N4O3/c1-13-5-7-15(8-6-13)18-10-17(19(26)22-14(2)12-25)20(27)24(23-18)16-4-3-9-21-11-16/h3-11,14,25H,12H2,1-2H3,(H,22,26)/t14-/m0/s1. The SMILES string of the molecule is Cc1ccc(-c2cc(C(=O)N[C@@H](C)CO)c(=O)n(-c3cccnc3)n2)cc1. The van der Waals surface area contributed by atoms with E-state index in [-0.39, 0.29) is 12.2 Å². The number of carbonyl (C=O) groups is 1. The van der Waals surface area contributed by atoms with Crippen molar-refractivity contribution in [1.82, 2.24) is 20.1 Å². The molecule has 2 heterocycles. The minimum absolute atomic E-state index is 0.0512. The fourth-order valence-corrected chi connectivity index (χ4v) is 2.52. The van der Waals surface area contributed by atoms with Gasteiger partial charge in [-0.05, 0) is 32.0 Å². The summed E-state index contributed by atoms with van der Waals surface area (Å²) in [4.78, 5) is 29.5. The fraction of sp³-hybridized carbons (Fsp3) is 0.200. The molecule has 1 atom stereocenters. The van der Waals surface area contributed by atoms with Gasteiger partial charge in [0.25, 0.3) is 11.5 Å². The van der Waals surface area contributed by atoms with Crippen molar-refractivity contribution in [1.29, 1.82) is 0 Å². The summed E-state index contributed by atoms with van der Waals surface area (Å²) in [5.41, 5.74) is 2.21. The van der Waals surface area contributed by atoms with Gasteiger partial charge in [0.1, 0.15) is 5.56 Å². The first-order chi connectivity index (χ1) is 13.0. The second-order valence-corrected chi connectivity index (χ2v) is 6.29. The number of nitrogens with zero attached hydrogens (tertiary/aromatic N) is 3. The molecular weight excluding hydrogens is 344 g/mol. The predicted octanol–water partition coefficient (Wildman–Crippen LogP) is 1.71. The highest BCUT2D eigenvalue weighted by Crippen LogP contribution is 2.18. The van der Waals surface area contributed by atoms with E-state index in [0.29, 0.717) is 11.4 Å². The Bertz CT molecular complexity index is 998. The van der Waals surface area contributed by atoms with E-state index in [1.807, 2.05) is 31.2 Å². The lowest BCUT2D eigenvalue weighted by Crippen LogP contribution is -2.39. The summed E-state index contributed by atoms with van der Waals surface area (Å²) in [6, 6.07) is 12.0. The molecule has 3 rings (SSSR count). The second-order valence-electron chi connectivity index (χ2n) is 6.29. The van der Waals surface area contributed by atoms with Crippen LogP contribution >= 0.6 is 0 Å². The number of hydrogen-bond donors (Lipinski definition) is 2. The van der Waals surface area contributed by atoms with Crippen LogP contribution < -0.4 is 10.9 Å². The van der Waals surface area contributed by atoms with Crippen LogP contribution in [0.4, 0.5) is 0 Å². The van der Waals surface area contributed by atoms with Crippen molar-refractivity contribution in [2.45, 2.75) is 19.9 Å². The fourth-order valence-electron chi connectivity index (χ4n) is 2.52. The Hall–Kier alpha value is -3.32. The molecule has 0 unspecified atom stereocenters. The van der Waals surface area contributed by atoms with Crippen LogP contribution in [0.2, 0.25) is 0 Å². The third-order valence-electron chi connectivity index (χ3n) is 4.05. The topological polar surface area (TPSA) is 97.1 Å². The summed E-state index contributed by atoms with van der Waals surface area (Å²) >= 11 is 0. The lowest BCUT2D eigenvalue weighted by Gasteiger charge is -2.13. The van der Waals surface area contributed by atoms with Crippen LogP contribution in [-0.2, 0) is 0 Å². The van der Waals surface area contributed by atoms with Gasteiger partial charge in [-0.3, -0.25) is 14.6 Å². The van der Waals surface area contributed by atoms with Crippen LogP contribution in [-0.4, -0.2) is 38.4 Å². The molecule has 138 valence electrons. The number of benzene rings is 1. The molecule has 0 aliphatic heterocycles. The molecule has 0 spiro atoms. The Morgan fingerprint density at radius 2 is 2.00 bits per heavy atom. The summed E-state index contributed by atoms with van der Waals surface area (Å²) in [7, 11) is 0. The molecule has 7 heteroatoms. The maximum atomic E-state index is 12.9. The van der Waals surface area contributed by atoms with Crippen molar-refractivity contribution in [2.75, 3.05) is 6.61 Å². The number of aromatic nitrogens is 3. The van der Waals surface area contributed by atoms with Crippen LogP contribution in [0.25, 0.3) is 16.9 Å². The van der Waals surface area contributed by atoms with Crippen LogP contribution in [0.15, 0.2) is 59.7 Å². The Morgan fingerprint density at radius 1 is 1.26 bits per heavy atom. The zero-order valence-electron chi connectivity index (χ0n) is 15.1. The quantitative estimate of drug-likeness (QED) is 0.718. The maximum Gasteiger partial charge on any atom is 0.284 e. The molecule has 0 radical (unpaired) electrons. The minimum atomic E-state index is -0.560. The van der Waals surface area contributed by atoms with Gasteiger partial charge < -0.3 is 10.4 Å². The van der Waals surface area contributed by atoms with Gasteiger partial charge >= 0.3 is 0 Å². The molecule has 3 aromatic rings. The van der Waals surface area contributed by atoms with E-state index in [1.54, 1.807) is 25.3 Å². The van der Waals surface area contributed by atoms with E-state index < -0.39 is 17.5 Å². The van der Waals surface area contributed by atoms with Gasteiger partial charge in [0, 0.05) is 17.8 Å². The highest BCUT2D eigenvalue weighted by molar-refractivity contribution is 5.95. The number of nitrogens with one attached hydrogen (secondary N) is 1. The van der Waals surface area contributed by atoms with Gasteiger partial charge in [0.15, 0.2) is 0 Å². The lowest BCUT2D eigenvalue weighted by atomic mass is 10.1. The van der Waals surface area contributed by atoms with Crippen molar-refractivity contribution in [3.05, 3.63) is 76.3 Å². The van der Waals surface area contributed by atoms with Crippen molar-refractivity contribution in [2.24, 2.45) is 0 Å². The Morgan fingerprint density at radius 3 is 2.63 bits per heavy atom. The summed E-state index contributed by atoms with van der Waals surface area (Å²) in [5.74, 6) is -0.560. The average molecular weight is 364 g/mol. The number of aliphatic hydroxyl groups is 1. The van der Waals surface area contributed by atoms with Crippen molar-refractivity contribution in [3.8, 4) is 16.9 Å². The zero-order valence-corrected chi connectivity index (χ0v) is 15.1. The number of rotatable bonds is 5. The molecule has 0 saturated heterocycles. The van der Waals surface area contributed by atoms with Crippen molar-refractivity contribution < 1.29 is 9.90 Å². The van der Waals surface area contributed by atoms with Gasteiger partial charge in [-0.2, -0.15) is 9.78 Å². The molecule has 2 N–H and O–H groups in total. The highest BCUT2D eigenvalue weighted by atomic mass is 16.3. The zero-order chi connectivity index (χ0) is 19.4. The summed E-state index contributed by atoms with van der Waals surface area (Å²) < 4.78 is 1.17. The van der Waals surface area contributed by atoms with E-state index in [2.05, 4.69) is 15.4 Å². The van der Waals surface area contributed by atoms with Gasteiger partial charge in [0.2, 0.25) is 0 Å². The molecular formula is C20H20N4O3. The Balaban J connectivity index is 2.17. The van der Waals surface area contributed by atoms with Gasteiger partial charge in [-0.25, -0.2) is 0 Å². The minimum Gasteiger partial charge on any atom is -0.394 e. The largest absolute Gasteiger partial charge is 0.394 e. The first-order valence-electron chi connectivity index (χ1n) is 8.53. The number of aliphatic hydroxyl groups excluding tert-OH is 1. The smallest absolute Gasteiger partial charge is 0.284 e. The molecule has 1 amide bonds. The molecule has 1 aromatic carbocycles. The van der Waals surface area contributed by atoms with E-state index in [9.17, 15) is 14.7 Å². The van der Waals surface area contributed by atoms with Crippen LogP contribution in [0.1, 0.15) is 22.8 Å². The van der Waals surface area contributed by atoms with Crippen molar-refractivity contribution >= 4 is 5.91 Å².